The first-order valence-electron chi connectivity index (χ1n) is 6.40. The summed E-state index contributed by atoms with van der Waals surface area (Å²) in [5, 5.41) is 5.11. The molecule has 0 aliphatic rings. The smallest absolute Gasteiger partial charge is 0.388 e. The lowest BCUT2D eigenvalue weighted by molar-refractivity contribution is -0.440. The lowest BCUT2D eigenvalue weighted by atomic mass is 9.92. The fourth-order valence-electron chi connectivity index (χ4n) is 1.43. The third-order valence-corrected chi connectivity index (χ3v) is 3.79. The SMILES string of the molecule is O=C(CO)SC(=O)CCC(F)(F)C(F)(F)C(F)(F)C(F)(F)C(F)(F)C(F)(F)F. The summed E-state index contributed by atoms with van der Waals surface area (Å²) in [7, 11) is 0. The van der Waals surface area contributed by atoms with Crippen LogP contribution in [0.2, 0.25) is 0 Å². The number of thioether (sulfide) groups is 1. The highest BCUT2D eigenvalue weighted by molar-refractivity contribution is 8.26. The van der Waals surface area contributed by atoms with Crippen molar-refractivity contribution in [2.45, 2.75) is 48.6 Å². The third-order valence-electron chi connectivity index (χ3n) is 3.00. The van der Waals surface area contributed by atoms with Crippen molar-refractivity contribution in [1.29, 1.82) is 0 Å². The number of halogens is 13. The number of carbonyl (C=O) groups is 2. The van der Waals surface area contributed by atoms with Gasteiger partial charge in [0.1, 0.15) is 6.61 Å². The van der Waals surface area contributed by atoms with Crippen LogP contribution in [0.15, 0.2) is 0 Å². The Morgan fingerprint density at radius 3 is 1.39 bits per heavy atom. The van der Waals surface area contributed by atoms with E-state index in [-0.39, 0.29) is 0 Å². The minimum absolute atomic E-state index is 0.539. The maximum Gasteiger partial charge on any atom is 0.460 e. The molecule has 28 heavy (non-hydrogen) atoms. The van der Waals surface area contributed by atoms with Crippen LogP contribution in [0.1, 0.15) is 12.8 Å². The van der Waals surface area contributed by atoms with Crippen LogP contribution in [0.4, 0.5) is 57.1 Å². The van der Waals surface area contributed by atoms with E-state index >= 15 is 0 Å². The number of hydrogen-bond donors (Lipinski definition) is 1. The van der Waals surface area contributed by atoms with Gasteiger partial charge in [0.25, 0.3) is 0 Å². The van der Waals surface area contributed by atoms with Crippen LogP contribution in [-0.2, 0) is 9.59 Å². The molecule has 0 aliphatic heterocycles. The van der Waals surface area contributed by atoms with Gasteiger partial charge in [-0.1, -0.05) is 0 Å². The predicted molar refractivity (Wildman–Crippen MR) is 64.7 cm³/mol. The molecule has 0 rings (SSSR count). The zero-order valence-corrected chi connectivity index (χ0v) is 13.5. The summed E-state index contributed by atoms with van der Waals surface area (Å²) in [4.78, 5) is 21.6. The Morgan fingerprint density at radius 2 is 1.04 bits per heavy atom. The molecule has 0 aromatic rings. The van der Waals surface area contributed by atoms with Crippen LogP contribution in [-0.4, -0.2) is 57.7 Å². The maximum absolute atomic E-state index is 13.3. The van der Waals surface area contributed by atoms with Gasteiger partial charge in [0.05, 0.1) is 0 Å². The van der Waals surface area contributed by atoms with Crippen molar-refractivity contribution < 1.29 is 71.8 Å². The molecule has 0 radical (unpaired) electrons. The number of aliphatic hydroxyl groups is 1. The van der Waals surface area contributed by atoms with Crippen molar-refractivity contribution in [1.82, 2.24) is 0 Å². The second-order valence-electron chi connectivity index (χ2n) is 5.00. The predicted octanol–water partition coefficient (Wildman–Crippen LogP) is 4.28. The molecule has 0 aliphatic carbocycles. The van der Waals surface area contributed by atoms with Crippen molar-refractivity contribution in [3.05, 3.63) is 0 Å². The Hall–Kier alpha value is -1.26. The van der Waals surface area contributed by atoms with Gasteiger partial charge in [-0.2, -0.15) is 57.1 Å². The van der Waals surface area contributed by atoms with Crippen LogP contribution in [0.5, 0.6) is 0 Å². The van der Waals surface area contributed by atoms with Gasteiger partial charge in [0.2, 0.25) is 5.12 Å². The molecule has 0 aromatic carbocycles. The van der Waals surface area contributed by atoms with Crippen molar-refractivity contribution in [3.8, 4) is 0 Å². The molecular formula is C11H7F13O3S. The van der Waals surface area contributed by atoms with Crippen LogP contribution in [0.25, 0.3) is 0 Å². The zero-order valence-electron chi connectivity index (χ0n) is 12.7. The van der Waals surface area contributed by atoms with Gasteiger partial charge >= 0.3 is 35.8 Å². The van der Waals surface area contributed by atoms with Gasteiger partial charge in [-0.3, -0.25) is 9.59 Å². The van der Waals surface area contributed by atoms with E-state index in [1.54, 1.807) is 0 Å². The van der Waals surface area contributed by atoms with Gasteiger partial charge in [0.15, 0.2) is 5.12 Å². The largest absolute Gasteiger partial charge is 0.460 e. The van der Waals surface area contributed by atoms with E-state index in [4.69, 9.17) is 5.11 Å². The van der Waals surface area contributed by atoms with E-state index in [0.717, 1.165) is 0 Å². The van der Waals surface area contributed by atoms with Gasteiger partial charge < -0.3 is 5.11 Å². The topological polar surface area (TPSA) is 54.4 Å². The van der Waals surface area contributed by atoms with Crippen LogP contribution >= 0.6 is 11.8 Å². The van der Waals surface area contributed by atoms with Crippen molar-refractivity contribution >= 4 is 22.0 Å². The Balaban J connectivity index is 5.80. The molecule has 0 saturated carbocycles. The van der Waals surface area contributed by atoms with Gasteiger partial charge in [-0.15, -0.1) is 0 Å². The fourth-order valence-corrected chi connectivity index (χ4v) is 1.95. The highest BCUT2D eigenvalue weighted by atomic mass is 32.2. The van der Waals surface area contributed by atoms with Crippen LogP contribution in [0, 0.1) is 0 Å². The summed E-state index contributed by atoms with van der Waals surface area (Å²) in [6, 6.07) is 0. The minimum atomic E-state index is -8.00. The normalized spacial score (nSPS) is 14.9. The third kappa shape index (κ3) is 4.49. The monoisotopic (exact) mass is 466 g/mol. The lowest BCUT2D eigenvalue weighted by Crippen LogP contribution is -2.70. The van der Waals surface area contributed by atoms with Crippen LogP contribution in [0.3, 0.4) is 0 Å². The molecule has 0 spiro atoms. The molecule has 0 atom stereocenters. The van der Waals surface area contributed by atoms with E-state index in [0.29, 0.717) is 0 Å². The number of rotatable bonds is 8. The highest BCUT2D eigenvalue weighted by Crippen LogP contribution is 2.60. The second-order valence-corrected chi connectivity index (χ2v) is 6.12. The molecule has 0 aromatic heterocycles. The zero-order chi connectivity index (χ0) is 23.0. The summed E-state index contributed by atoms with van der Waals surface area (Å²) < 4.78 is 166. The van der Waals surface area contributed by atoms with Crippen molar-refractivity contribution in [2.24, 2.45) is 0 Å². The number of hydrogen-bond acceptors (Lipinski definition) is 4. The molecule has 17 heteroatoms. The molecule has 3 nitrogen and oxygen atoms in total. The molecule has 0 bridgehead atoms. The summed E-state index contributed by atoms with van der Waals surface area (Å²) >= 11 is -0.539. The Morgan fingerprint density at radius 1 is 0.643 bits per heavy atom. The van der Waals surface area contributed by atoms with Gasteiger partial charge in [0, 0.05) is 12.8 Å². The Bertz CT molecular complexity index is 599. The first-order chi connectivity index (χ1) is 12.1. The van der Waals surface area contributed by atoms with E-state index in [2.05, 4.69) is 0 Å². The fraction of sp³-hybridized carbons (Fsp3) is 0.818. The number of carbonyl (C=O) groups excluding carboxylic acids is 2. The van der Waals surface area contributed by atoms with Gasteiger partial charge in [-0.05, 0) is 11.8 Å². The number of alkyl halides is 13. The van der Waals surface area contributed by atoms with Crippen molar-refractivity contribution in [2.75, 3.05) is 6.61 Å². The number of aliphatic hydroxyl groups excluding tert-OH is 1. The van der Waals surface area contributed by atoms with E-state index in [9.17, 15) is 66.7 Å². The van der Waals surface area contributed by atoms with Crippen molar-refractivity contribution in [3.63, 3.8) is 0 Å². The summed E-state index contributed by atoms with van der Waals surface area (Å²) in [6.45, 7) is -1.33. The molecule has 0 heterocycles. The molecule has 0 unspecified atom stereocenters. The summed E-state index contributed by atoms with van der Waals surface area (Å²) in [5.41, 5.74) is 0. The Kier molecular flexibility index (Phi) is 7.52. The minimum Gasteiger partial charge on any atom is -0.388 e. The molecular weight excluding hydrogens is 459 g/mol. The molecule has 0 fully saturated rings. The molecule has 0 saturated heterocycles. The first-order valence-corrected chi connectivity index (χ1v) is 7.22. The van der Waals surface area contributed by atoms with E-state index in [1.165, 1.54) is 0 Å². The first kappa shape index (κ1) is 26.7. The van der Waals surface area contributed by atoms with E-state index in [1.807, 2.05) is 0 Å². The molecule has 166 valence electrons. The molecule has 0 amide bonds. The van der Waals surface area contributed by atoms with E-state index < -0.39 is 77.2 Å². The lowest BCUT2D eigenvalue weighted by Gasteiger charge is -2.39. The molecule has 1 N–H and O–H groups in total. The summed E-state index contributed by atoms with van der Waals surface area (Å²) in [6.07, 6.45) is -12.1. The average molecular weight is 466 g/mol. The highest BCUT2D eigenvalue weighted by Gasteiger charge is 2.90. The summed E-state index contributed by atoms with van der Waals surface area (Å²) in [5.74, 6) is -37.6. The maximum atomic E-state index is 13.3. The second kappa shape index (κ2) is 7.87. The van der Waals surface area contributed by atoms with Crippen LogP contribution < -0.4 is 0 Å². The quantitative estimate of drug-likeness (QED) is 0.543. The average Bonchev–Trinajstić information content (AvgIpc) is 2.50. The Labute approximate surface area is 150 Å². The standard InChI is InChI=1S/C11H7F13O3S/c12-6(13,2-1-4(26)28-5(27)3-25)7(14,15)8(16,17)9(18,19)10(20,21)11(22,23)24/h25H,1-3H2. The van der Waals surface area contributed by atoms with Gasteiger partial charge in [-0.25, -0.2) is 0 Å².